The number of hydrogen-bond acceptors (Lipinski definition) is 2. The lowest BCUT2D eigenvalue weighted by molar-refractivity contribution is 0.291. The first kappa shape index (κ1) is 11.3. The molecule has 1 fully saturated rings. The normalized spacial score (nSPS) is 19.3. The zero-order valence-electron chi connectivity index (χ0n) is 8.49. The van der Waals surface area contributed by atoms with Crippen molar-refractivity contribution in [3.8, 4) is 0 Å². The van der Waals surface area contributed by atoms with Gasteiger partial charge in [0.15, 0.2) is 0 Å². The summed E-state index contributed by atoms with van der Waals surface area (Å²) in [5, 5.41) is 0. The van der Waals surface area contributed by atoms with Crippen LogP contribution in [0.1, 0.15) is 5.56 Å². The third-order valence-corrected chi connectivity index (χ3v) is 4.33. The minimum Gasteiger partial charge on any atom is -0.297 e. The maximum absolute atomic E-state index is 11.2. The van der Waals surface area contributed by atoms with E-state index in [4.69, 9.17) is 0 Å². The molecular weight excluding hydrogens is 274 g/mol. The molecule has 1 saturated heterocycles. The van der Waals surface area contributed by atoms with E-state index in [0.29, 0.717) is 0 Å². The predicted molar refractivity (Wildman–Crippen MR) is 67.3 cm³/mol. The Morgan fingerprint density at radius 3 is 2.73 bits per heavy atom. The summed E-state index contributed by atoms with van der Waals surface area (Å²) in [4.78, 5) is 2.36. The molecule has 0 radical (unpaired) electrons. The molecule has 0 atom stereocenters. The quantitative estimate of drug-likeness (QED) is 0.830. The second-order valence-electron chi connectivity index (χ2n) is 3.75. The molecule has 1 aromatic rings. The van der Waals surface area contributed by atoms with Gasteiger partial charge in [-0.2, -0.15) is 0 Å². The predicted octanol–water partition coefficient (Wildman–Crippen LogP) is 2.01. The molecule has 1 aliphatic heterocycles. The van der Waals surface area contributed by atoms with Gasteiger partial charge >= 0.3 is 0 Å². The Kier molecular flexibility index (Phi) is 3.94. The molecule has 0 N–H and O–H groups in total. The summed E-state index contributed by atoms with van der Waals surface area (Å²) in [5.41, 5.74) is 1.32. The third kappa shape index (κ3) is 3.40. The van der Waals surface area contributed by atoms with Gasteiger partial charge in [-0.05, 0) is 17.7 Å². The third-order valence-electron chi connectivity index (χ3n) is 2.57. The van der Waals surface area contributed by atoms with E-state index < -0.39 is 10.8 Å². The van der Waals surface area contributed by atoms with E-state index in [9.17, 15) is 4.21 Å². The SMILES string of the molecule is O=S1CCN(Cc2cccc(Br)c2)CC1. The Morgan fingerprint density at radius 1 is 1.33 bits per heavy atom. The van der Waals surface area contributed by atoms with Crippen LogP contribution < -0.4 is 0 Å². The first-order valence-electron chi connectivity index (χ1n) is 5.06. The van der Waals surface area contributed by atoms with Crippen molar-refractivity contribution in [2.75, 3.05) is 24.6 Å². The van der Waals surface area contributed by atoms with Gasteiger partial charge in [0.25, 0.3) is 0 Å². The van der Waals surface area contributed by atoms with Gasteiger partial charge in [0, 0.05) is 46.4 Å². The van der Waals surface area contributed by atoms with Crippen LogP contribution in [-0.4, -0.2) is 33.7 Å². The highest BCUT2D eigenvalue weighted by Gasteiger charge is 2.14. The van der Waals surface area contributed by atoms with Gasteiger partial charge in [0.05, 0.1) is 0 Å². The van der Waals surface area contributed by atoms with Crippen molar-refractivity contribution in [2.45, 2.75) is 6.54 Å². The minimum absolute atomic E-state index is 0.574. The number of rotatable bonds is 2. The van der Waals surface area contributed by atoms with E-state index in [2.05, 4.69) is 39.0 Å². The van der Waals surface area contributed by atoms with Gasteiger partial charge in [-0.1, -0.05) is 28.1 Å². The van der Waals surface area contributed by atoms with Crippen molar-refractivity contribution in [1.82, 2.24) is 4.90 Å². The molecule has 1 aromatic carbocycles. The molecule has 2 nitrogen and oxygen atoms in total. The highest BCUT2D eigenvalue weighted by atomic mass is 79.9. The van der Waals surface area contributed by atoms with Crippen LogP contribution in [-0.2, 0) is 17.3 Å². The second-order valence-corrected chi connectivity index (χ2v) is 6.37. The first-order chi connectivity index (χ1) is 7.24. The molecule has 0 unspecified atom stereocenters. The Balaban J connectivity index is 1.94. The average Bonchev–Trinajstić information content (AvgIpc) is 2.22. The lowest BCUT2D eigenvalue weighted by Crippen LogP contribution is -2.37. The summed E-state index contributed by atoms with van der Waals surface area (Å²) in [5.74, 6) is 1.65. The lowest BCUT2D eigenvalue weighted by Gasteiger charge is -2.26. The Bertz CT molecular complexity index is 359. The molecule has 0 spiro atoms. The molecule has 0 aliphatic carbocycles. The maximum atomic E-state index is 11.2. The molecule has 1 aliphatic rings. The number of nitrogens with zero attached hydrogens (tertiary/aromatic N) is 1. The van der Waals surface area contributed by atoms with E-state index in [0.717, 1.165) is 35.6 Å². The maximum Gasteiger partial charge on any atom is 0.0363 e. The lowest BCUT2D eigenvalue weighted by atomic mass is 10.2. The molecule has 2 rings (SSSR count). The highest BCUT2D eigenvalue weighted by molar-refractivity contribution is 9.10. The van der Waals surface area contributed by atoms with Crippen molar-refractivity contribution in [3.05, 3.63) is 34.3 Å². The molecule has 0 bridgehead atoms. The molecule has 4 heteroatoms. The number of halogens is 1. The van der Waals surface area contributed by atoms with Crippen molar-refractivity contribution in [2.24, 2.45) is 0 Å². The Labute approximate surface area is 101 Å². The topological polar surface area (TPSA) is 20.3 Å². The van der Waals surface area contributed by atoms with Gasteiger partial charge in [-0.3, -0.25) is 9.11 Å². The van der Waals surface area contributed by atoms with Gasteiger partial charge in [0.2, 0.25) is 0 Å². The fourth-order valence-electron chi connectivity index (χ4n) is 1.73. The van der Waals surface area contributed by atoms with Crippen molar-refractivity contribution >= 4 is 26.7 Å². The van der Waals surface area contributed by atoms with Crippen molar-refractivity contribution in [1.29, 1.82) is 0 Å². The smallest absolute Gasteiger partial charge is 0.0363 e. The molecular formula is C11H14BrNOS. The van der Waals surface area contributed by atoms with E-state index in [1.54, 1.807) is 0 Å². The fraction of sp³-hybridized carbons (Fsp3) is 0.455. The van der Waals surface area contributed by atoms with Crippen LogP contribution in [0, 0.1) is 0 Å². The average molecular weight is 288 g/mol. The van der Waals surface area contributed by atoms with E-state index >= 15 is 0 Å². The van der Waals surface area contributed by atoms with Crippen LogP contribution in [0.4, 0.5) is 0 Å². The summed E-state index contributed by atoms with van der Waals surface area (Å²) in [6.07, 6.45) is 0. The van der Waals surface area contributed by atoms with E-state index in [-0.39, 0.29) is 0 Å². The Hall–Kier alpha value is -0.190. The molecule has 0 saturated carbocycles. The van der Waals surface area contributed by atoms with Crippen LogP contribution in [0.5, 0.6) is 0 Å². The fourth-order valence-corrected chi connectivity index (χ4v) is 3.30. The molecule has 15 heavy (non-hydrogen) atoms. The molecule has 1 heterocycles. The summed E-state index contributed by atoms with van der Waals surface area (Å²) >= 11 is 3.47. The zero-order valence-corrected chi connectivity index (χ0v) is 10.9. The van der Waals surface area contributed by atoms with Gasteiger partial charge in [0.1, 0.15) is 0 Å². The van der Waals surface area contributed by atoms with Crippen LogP contribution in [0.2, 0.25) is 0 Å². The largest absolute Gasteiger partial charge is 0.297 e. The van der Waals surface area contributed by atoms with Crippen LogP contribution in [0.3, 0.4) is 0 Å². The number of hydrogen-bond donors (Lipinski definition) is 0. The molecule has 0 aromatic heterocycles. The second kappa shape index (κ2) is 5.23. The Morgan fingerprint density at radius 2 is 2.07 bits per heavy atom. The van der Waals surface area contributed by atoms with E-state index in [1.807, 2.05) is 6.07 Å². The van der Waals surface area contributed by atoms with Gasteiger partial charge < -0.3 is 0 Å². The highest BCUT2D eigenvalue weighted by Crippen LogP contribution is 2.14. The van der Waals surface area contributed by atoms with Crippen LogP contribution >= 0.6 is 15.9 Å². The van der Waals surface area contributed by atoms with Crippen molar-refractivity contribution in [3.63, 3.8) is 0 Å². The van der Waals surface area contributed by atoms with E-state index in [1.165, 1.54) is 5.56 Å². The van der Waals surface area contributed by atoms with Gasteiger partial charge in [-0.15, -0.1) is 0 Å². The molecule has 82 valence electrons. The summed E-state index contributed by atoms with van der Waals surface area (Å²) in [6, 6.07) is 8.37. The standard InChI is InChI=1S/C11H14BrNOS/c12-11-3-1-2-10(8-11)9-13-4-6-15(14)7-5-13/h1-3,8H,4-7,9H2. The summed E-state index contributed by atoms with van der Waals surface area (Å²) in [6.45, 7) is 2.88. The number of benzene rings is 1. The summed E-state index contributed by atoms with van der Waals surface area (Å²) in [7, 11) is -0.574. The van der Waals surface area contributed by atoms with Crippen LogP contribution in [0.15, 0.2) is 28.7 Å². The van der Waals surface area contributed by atoms with Crippen molar-refractivity contribution < 1.29 is 4.21 Å². The van der Waals surface area contributed by atoms with Gasteiger partial charge in [-0.25, -0.2) is 0 Å². The summed E-state index contributed by atoms with van der Waals surface area (Å²) < 4.78 is 12.3. The monoisotopic (exact) mass is 287 g/mol. The molecule has 0 amide bonds. The van der Waals surface area contributed by atoms with Crippen LogP contribution in [0.25, 0.3) is 0 Å². The first-order valence-corrected chi connectivity index (χ1v) is 7.34. The minimum atomic E-state index is -0.574. The zero-order chi connectivity index (χ0) is 10.7.